The zero-order valence-corrected chi connectivity index (χ0v) is 35.4. The van der Waals surface area contributed by atoms with E-state index in [-0.39, 0.29) is 5.41 Å². The average molecular weight is 726 g/mol. The van der Waals surface area contributed by atoms with Crippen LogP contribution in [0.1, 0.15) is 224 Å². The quantitative estimate of drug-likeness (QED) is 0.0422. The molecule has 0 fully saturated rings. The fourth-order valence-corrected chi connectivity index (χ4v) is 8.80. The molecule has 1 aromatic heterocycles. The second kappa shape index (κ2) is 29.9. The normalized spacial score (nSPS) is 13.3. The second-order valence-corrected chi connectivity index (χ2v) is 17.0. The van der Waals surface area contributed by atoms with Gasteiger partial charge in [-0.2, -0.15) is 0 Å². The van der Waals surface area contributed by atoms with Crippen LogP contribution in [0, 0.1) is 0 Å². The highest BCUT2D eigenvalue weighted by molar-refractivity contribution is 5.30. The molecule has 2 aromatic carbocycles. The van der Waals surface area contributed by atoms with Crippen molar-refractivity contribution in [3.8, 4) is 0 Å². The molecule has 0 aliphatic rings. The first-order valence-electron chi connectivity index (χ1n) is 23.3. The SMILES string of the molecule is CCCCCCCCCCCCCCCCCCCC(n1cc[n+](CCCCCCCCCCCCC)c1)C(C)(Cc1ccccc1)c1ccccc1. The van der Waals surface area contributed by atoms with Crippen molar-refractivity contribution in [3.63, 3.8) is 0 Å². The summed E-state index contributed by atoms with van der Waals surface area (Å²) in [4.78, 5) is 0. The van der Waals surface area contributed by atoms with Gasteiger partial charge in [0.25, 0.3) is 0 Å². The molecule has 0 amide bonds. The van der Waals surface area contributed by atoms with Crippen molar-refractivity contribution < 1.29 is 4.57 Å². The third kappa shape index (κ3) is 19.7. The zero-order valence-electron chi connectivity index (χ0n) is 35.4. The Kier molecular flexibility index (Phi) is 25.4. The third-order valence-electron chi connectivity index (χ3n) is 12.3. The number of nitrogens with zero attached hydrogens (tertiary/aromatic N) is 2. The smallest absolute Gasteiger partial charge is 0.237 e. The van der Waals surface area contributed by atoms with E-state index >= 15 is 0 Å². The maximum atomic E-state index is 2.60. The van der Waals surface area contributed by atoms with Crippen LogP contribution in [-0.4, -0.2) is 4.57 Å². The molecule has 0 spiro atoms. The van der Waals surface area contributed by atoms with Crippen LogP contribution in [0.2, 0.25) is 0 Å². The number of hydrogen-bond acceptors (Lipinski definition) is 0. The van der Waals surface area contributed by atoms with Gasteiger partial charge in [-0.1, -0.05) is 242 Å². The monoisotopic (exact) mass is 726 g/mol. The van der Waals surface area contributed by atoms with Gasteiger partial charge in [-0.05, 0) is 43.2 Å². The van der Waals surface area contributed by atoms with Crippen LogP contribution in [0.3, 0.4) is 0 Å². The Balaban J connectivity index is 1.46. The number of hydrogen-bond donors (Lipinski definition) is 0. The molecule has 2 heteroatoms. The largest absolute Gasteiger partial charge is 0.244 e. The van der Waals surface area contributed by atoms with E-state index in [9.17, 15) is 0 Å². The first kappa shape index (κ1) is 45.0. The van der Waals surface area contributed by atoms with Crippen LogP contribution in [0.4, 0.5) is 0 Å². The molecule has 0 saturated carbocycles. The van der Waals surface area contributed by atoms with Crippen molar-refractivity contribution in [1.82, 2.24) is 4.57 Å². The number of aromatic nitrogens is 2. The van der Waals surface area contributed by atoms with Crippen molar-refractivity contribution in [3.05, 3.63) is 90.5 Å². The van der Waals surface area contributed by atoms with Crippen LogP contribution in [0.15, 0.2) is 79.4 Å². The molecule has 0 N–H and O–H groups in total. The standard InChI is InChI=1S/C51H85N2/c1-4-6-8-10-12-14-16-17-18-19-20-21-22-24-26-28-36-42-50(51(3,49-40-34-31-35-41-49)46-48-38-32-30-33-39-48)53-45-44-52(47-53)43-37-29-27-25-23-15-13-11-9-7-5-2/h30-35,38-41,44-45,47,50H,4-29,36-37,42-43,46H2,1-3H3/q+1. The molecular formula is C51H85N2+. The summed E-state index contributed by atoms with van der Waals surface area (Å²) in [5.41, 5.74) is 2.91. The predicted octanol–water partition coefficient (Wildman–Crippen LogP) is 15.9. The highest BCUT2D eigenvalue weighted by Crippen LogP contribution is 2.41. The lowest BCUT2D eigenvalue weighted by atomic mass is 9.70. The van der Waals surface area contributed by atoms with Gasteiger partial charge in [0.15, 0.2) is 0 Å². The molecule has 0 aliphatic heterocycles. The van der Waals surface area contributed by atoms with Gasteiger partial charge < -0.3 is 0 Å². The molecule has 298 valence electrons. The Morgan fingerprint density at radius 2 is 0.887 bits per heavy atom. The molecule has 0 bridgehead atoms. The summed E-state index contributed by atoms with van der Waals surface area (Å²) in [6.45, 7) is 8.30. The van der Waals surface area contributed by atoms with E-state index in [1.54, 1.807) is 0 Å². The Labute approximate surface area is 330 Å². The van der Waals surface area contributed by atoms with E-state index in [4.69, 9.17) is 0 Å². The van der Waals surface area contributed by atoms with Gasteiger partial charge in [0.2, 0.25) is 6.33 Å². The van der Waals surface area contributed by atoms with Crippen molar-refractivity contribution in [2.75, 3.05) is 0 Å². The number of aryl methyl sites for hydroxylation is 1. The second-order valence-electron chi connectivity index (χ2n) is 17.0. The molecule has 2 atom stereocenters. The zero-order chi connectivity index (χ0) is 37.5. The summed E-state index contributed by atoms with van der Waals surface area (Å²) in [6.07, 6.45) is 49.1. The van der Waals surface area contributed by atoms with Gasteiger partial charge in [0.1, 0.15) is 18.4 Å². The summed E-state index contributed by atoms with van der Waals surface area (Å²) in [7, 11) is 0. The number of rotatable bonds is 35. The molecule has 0 aliphatic carbocycles. The van der Waals surface area contributed by atoms with Gasteiger partial charge in [0, 0.05) is 5.41 Å². The van der Waals surface area contributed by atoms with Gasteiger partial charge in [-0.15, -0.1) is 0 Å². The summed E-state index contributed by atoms with van der Waals surface area (Å²) >= 11 is 0. The van der Waals surface area contributed by atoms with E-state index in [1.807, 2.05) is 0 Å². The molecule has 2 unspecified atom stereocenters. The predicted molar refractivity (Wildman–Crippen MR) is 233 cm³/mol. The molecule has 0 radical (unpaired) electrons. The Bertz CT molecular complexity index is 1220. The third-order valence-corrected chi connectivity index (χ3v) is 12.3. The lowest BCUT2D eigenvalue weighted by molar-refractivity contribution is -0.697. The maximum absolute atomic E-state index is 2.60. The van der Waals surface area contributed by atoms with E-state index in [0.717, 1.165) is 13.0 Å². The van der Waals surface area contributed by atoms with Crippen molar-refractivity contribution in [2.24, 2.45) is 0 Å². The first-order chi connectivity index (χ1) is 26.2. The molecule has 1 heterocycles. The highest BCUT2D eigenvalue weighted by atomic mass is 15.1. The molecule has 3 rings (SSSR count). The van der Waals surface area contributed by atoms with E-state index in [1.165, 1.54) is 197 Å². The number of benzene rings is 2. The first-order valence-corrected chi connectivity index (χ1v) is 23.3. The van der Waals surface area contributed by atoms with Crippen LogP contribution in [0.5, 0.6) is 0 Å². The topological polar surface area (TPSA) is 8.81 Å². The Hall–Kier alpha value is -2.35. The summed E-state index contributed by atoms with van der Waals surface area (Å²) in [5, 5.41) is 0. The van der Waals surface area contributed by atoms with Gasteiger partial charge >= 0.3 is 0 Å². The highest BCUT2D eigenvalue weighted by Gasteiger charge is 2.40. The molecule has 0 saturated heterocycles. The molecule has 2 nitrogen and oxygen atoms in total. The van der Waals surface area contributed by atoms with E-state index in [2.05, 4.69) is 109 Å². The fraction of sp³-hybridized carbons (Fsp3) is 0.706. The van der Waals surface area contributed by atoms with E-state index < -0.39 is 0 Å². The minimum atomic E-state index is 0.00502. The number of imidazole rings is 1. The maximum Gasteiger partial charge on any atom is 0.244 e. The summed E-state index contributed by atoms with van der Waals surface area (Å²) < 4.78 is 5.07. The van der Waals surface area contributed by atoms with E-state index in [0.29, 0.717) is 6.04 Å². The summed E-state index contributed by atoms with van der Waals surface area (Å²) in [6, 6.07) is 23.1. The lowest BCUT2D eigenvalue weighted by Gasteiger charge is -2.37. The fourth-order valence-electron chi connectivity index (χ4n) is 8.80. The van der Waals surface area contributed by atoms with Crippen LogP contribution >= 0.6 is 0 Å². The molecule has 53 heavy (non-hydrogen) atoms. The Morgan fingerprint density at radius 1 is 0.491 bits per heavy atom. The minimum absolute atomic E-state index is 0.00502. The van der Waals surface area contributed by atoms with Crippen molar-refractivity contribution >= 4 is 0 Å². The van der Waals surface area contributed by atoms with Gasteiger partial charge in [-0.3, -0.25) is 0 Å². The van der Waals surface area contributed by atoms with Crippen LogP contribution < -0.4 is 4.57 Å². The Morgan fingerprint density at radius 3 is 1.34 bits per heavy atom. The lowest BCUT2D eigenvalue weighted by Crippen LogP contribution is -2.38. The summed E-state index contributed by atoms with van der Waals surface area (Å²) in [5.74, 6) is 0. The van der Waals surface area contributed by atoms with Crippen molar-refractivity contribution in [2.45, 2.75) is 231 Å². The van der Waals surface area contributed by atoms with Crippen LogP contribution in [0.25, 0.3) is 0 Å². The molecular weight excluding hydrogens is 641 g/mol. The minimum Gasteiger partial charge on any atom is -0.237 e. The van der Waals surface area contributed by atoms with Gasteiger partial charge in [-0.25, -0.2) is 9.13 Å². The van der Waals surface area contributed by atoms with Gasteiger partial charge in [0.05, 0.1) is 6.54 Å². The molecule has 3 aromatic rings. The number of unbranched alkanes of at least 4 members (excludes halogenated alkanes) is 26. The van der Waals surface area contributed by atoms with Crippen molar-refractivity contribution in [1.29, 1.82) is 0 Å². The van der Waals surface area contributed by atoms with Crippen LogP contribution in [-0.2, 0) is 18.4 Å². The average Bonchev–Trinajstić information content (AvgIpc) is 3.65.